The van der Waals surface area contributed by atoms with E-state index in [9.17, 15) is 0 Å². The summed E-state index contributed by atoms with van der Waals surface area (Å²) in [5, 5.41) is 5.57. The molecule has 0 aliphatic heterocycles. The number of nitrogens with one attached hydrogen (secondary N) is 1. The van der Waals surface area contributed by atoms with Crippen LogP contribution in [0.25, 0.3) is 0 Å². The fourth-order valence-corrected chi connectivity index (χ4v) is 2.54. The van der Waals surface area contributed by atoms with Crippen molar-refractivity contribution in [1.29, 1.82) is 0 Å². The average Bonchev–Trinajstić information content (AvgIpc) is 2.84. The number of aryl methyl sites for hydroxylation is 2. The highest BCUT2D eigenvalue weighted by atomic mass is 32.1. The monoisotopic (exact) mass is 235 g/mol. The minimum atomic E-state index is 0.841. The molecule has 0 radical (unpaired) electrons. The van der Waals surface area contributed by atoms with Gasteiger partial charge in [-0.15, -0.1) is 11.3 Å². The first-order valence-electron chi connectivity index (χ1n) is 5.47. The Labute approximate surface area is 100 Å². The first-order valence-corrected chi connectivity index (χ1v) is 6.35. The van der Waals surface area contributed by atoms with Gasteiger partial charge in [-0.05, 0) is 30.4 Å². The van der Waals surface area contributed by atoms with E-state index in [0.29, 0.717) is 0 Å². The van der Waals surface area contributed by atoms with E-state index in [1.807, 2.05) is 35.3 Å². The fourth-order valence-electron chi connectivity index (χ4n) is 1.63. The molecule has 4 heteroatoms. The van der Waals surface area contributed by atoms with Crippen LogP contribution in [-0.2, 0) is 20.0 Å². The highest BCUT2D eigenvalue weighted by Gasteiger charge is 2.00. The summed E-state index contributed by atoms with van der Waals surface area (Å²) in [6, 6.07) is 2.18. The van der Waals surface area contributed by atoms with Crippen molar-refractivity contribution < 1.29 is 0 Å². The molecule has 16 heavy (non-hydrogen) atoms. The summed E-state index contributed by atoms with van der Waals surface area (Å²) < 4.78 is 2.05. The molecule has 0 saturated heterocycles. The van der Waals surface area contributed by atoms with E-state index in [1.54, 1.807) is 0 Å². The van der Waals surface area contributed by atoms with E-state index in [2.05, 4.69) is 28.7 Å². The van der Waals surface area contributed by atoms with Gasteiger partial charge in [0.05, 0.1) is 6.54 Å². The van der Waals surface area contributed by atoms with Gasteiger partial charge in [0.1, 0.15) is 5.82 Å². The molecule has 0 saturated carbocycles. The van der Waals surface area contributed by atoms with Crippen LogP contribution in [0.3, 0.4) is 0 Å². The average molecular weight is 235 g/mol. The smallest absolute Gasteiger partial charge is 0.122 e. The molecule has 0 bridgehead atoms. The summed E-state index contributed by atoms with van der Waals surface area (Å²) in [6.45, 7) is 4.02. The van der Waals surface area contributed by atoms with E-state index in [0.717, 1.165) is 25.3 Å². The topological polar surface area (TPSA) is 29.9 Å². The van der Waals surface area contributed by atoms with Gasteiger partial charge in [-0.1, -0.05) is 0 Å². The first kappa shape index (κ1) is 11.4. The number of rotatable bonds is 5. The summed E-state index contributed by atoms with van der Waals surface area (Å²) >= 11 is 1.84. The Hall–Kier alpha value is -1.13. The molecule has 0 atom stereocenters. The Morgan fingerprint density at radius 2 is 2.38 bits per heavy atom. The maximum absolute atomic E-state index is 4.27. The lowest BCUT2D eigenvalue weighted by molar-refractivity contribution is 0.639. The molecule has 3 nitrogen and oxygen atoms in total. The molecular weight excluding hydrogens is 218 g/mol. The molecule has 1 N–H and O–H groups in total. The van der Waals surface area contributed by atoms with Crippen molar-refractivity contribution in [2.24, 2.45) is 7.05 Å². The molecule has 2 aromatic heterocycles. The number of nitrogens with zero attached hydrogens (tertiary/aromatic N) is 2. The predicted molar refractivity (Wildman–Crippen MR) is 67.7 cm³/mol. The van der Waals surface area contributed by atoms with Gasteiger partial charge in [0, 0.05) is 30.9 Å². The van der Waals surface area contributed by atoms with Gasteiger partial charge in [-0.2, -0.15) is 0 Å². The summed E-state index contributed by atoms with van der Waals surface area (Å²) in [5.74, 6) is 1.09. The molecule has 2 rings (SSSR count). The van der Waals surface area contributed by atoms with Gasteiger partial charge in [0.2, 0.25) is 0 Å². The van der Waals surface area contributed by atoms with Crippen molar-refractivity contribution in [2.45, 2.75) is 19.9 Å². The quantitative estimate of drug-likeness (QED) is 0.805. The van der Waals surface area contributed by atoms with Crippen LogP contribution >= 0.6 is 11.3 Å². The molecule has 0 unspecified atom stereocenters. The zero-order chi connectivity index (χ0) is 11.4. The van der Waals surface area contributed by atoms with E-state index >= 15 is 0 Å². The second kappa shape index (κ2) is 5.27. The van der Waals surface area contributed by atoms with E-state index < -0.39 is 0 Å². The third kappa shape index (κ3) is 2.71. The lowest BCUT2D eigenvalue weighted by atomic mass is 10.2. The van der Waals surface area contributed by atoms with Crippen LogP contribution in [0.5, 0.6) is 0 Å². The van der Waals surface area contributed by atoms with Crippen LogP contribution in [-0.4, -0.2) is 16.1 Å². The standard InChI is InChI=1S/C12H17N3S/c1-10-4-8-16-11(10)3-5-13-9-12-14-6-7-15(12)2/h4,6-8,13H,3,5,9H2,1-2H3. The molecule has 0 aliphatic rings. The van der Waals surface area contributed by atoms with Crippen LogP contribution in [0.4, 0.5) is 0 Å². The van der Waals surface area contributed by atoms with Gasteiger partial charge in [0.15, 0.2) is 0 Å². The number of hydrogen-bond acceptors (Lipinski definition) is 3. The fraction of sp³-hybridized carbons (Fsp3) is 0.417. The van der Waals surface area contributed by atoms with Gasteiger partial charge in [-0.3, -0.25) is 0 Å². The lowest BCUT2D eigenvalue weighted by Gasteiger charge is -2.04. The molecule has 0 amide bonds. The molecule has 0 fully saturated rings. The second-order valence-corrected chi connectivity index (χ2v) is 4.91. The van der Waals surface area contributed by atoms with Gasteiger partial charge in [-0.25, -0.2) is 4.98 Å². The normalized spacial score (nSPS) is 10.9. The molecule has 0 aliphatic carbocycles. The van der Waals surface area contributed by atoms with Crippen LogP contribution < -0.4 is 5.32 Å². The van der Waals surface area contributed by atoms with Crippen molar-refractivity contribution in [2.75, 3.05) is 6.54 Å². The zero-order valence-corrected chi connectivity index (χ0v) is 10.5. The van der Waals surface area contributed by atoms with E-state index in [1.165, 1.54) is 10.4 Å². The Morgan fingerprint density at radius 3 is 3.00 bits per heavy atom. The highest BCUT2D eigenvalue weighted by Crippen LogP contribution is 2.15. The largest absolute Gasteiger partial charge is 0.337 e. The number of aromatic nitrogens is 2. The summed E-state index contributed by atoms with van der Waals surface area (Å²) in [4.78, 5) is 5.75. The molecule has 2 heterocycles. The molecule has 2 aromatic rings. The Kier molecular flexibility index (Phi) is 3.74. The summed E-state index contributed by atoms with van der Waals surface area (Å²) in [6.07, 6.45) is 4.91. The molecule has 86 valence electrons. The zero-order valence-electron chi connectivity index (χ0n) is 9.73. The van der Waals surface area contributed by atoms with Gasteiger partial charge >= 0.3 is 0 Å². The summed E-state index contributed by atoms with van der Waals surface area (Å²) in [7, 11) is 2.02. The number of imidazole rings is 1. The van der Waals surface area contributed by atoms with Crippen molar-refractivity contribution in [1.82, 2.24) is 14.9 Å². The van der Waals surface area contributed by atoms with Crippen molar-refractivity contribution in [3.63, 3.8) is 0 Å². The van der Waals surface area contributed by atoms with Gasteiger partial charge < -0.3 is 9.88 Å². The lowest BCUT2D eigenvalue weighted by Crippen LogP contribution is -2.18. The Bertz CT molecular complexity index is 402. The molecule has 0 aromatic carbocycles. The second-order valence-electron chi connectivity index (χ2n) is 3.91. The van der Waals surface area contributed by atoms with Crippen molar-refractivity contribution in [3.8, 4) is 0 Å². The maximum atomic E-state index is 4.27. The van der Waals surface area contributed by atoms with Crippen LogP contribution in [0.15, 0.2) is 23.8 Å². The Balaban J connectivity index is 1.74. The Morgan fingerprint density at radius 1 is 1.50 bits per heavy atom. The number of hydrogen-bond donors (Lipinski definition) is 1. The first-order chi connectivity index (χ1) is 7.77. The highest BCUT2D eigenvalue weighted by molar-refractivity contribution is 7.10. The predicted octanol–water partition coefficient (Wildman–Crippen LogP) is 2.12. The summed E-state index contributed by atoms with van der Waals surface area (Å²) in [5.41, 5.74) is 1.41. The third-order valence-corrected chi connectivity index (χ3v) is 3.78. The minimum Gasteiger partial charge on any atom is -0.337 e. The van der Waals surface area contributed by atoms with Crippen LogP contribution in [0.2, 0.25) is 0 Å². The van der Waals surface area contributed by atoms with Crippen molar-refractivity contribution >= 4 is 11.3 Å². The molecular formula is C12H17N3S. The number of thiophene rings is 1. The van der Waals surface area contributed by atoms with Crippen LogP contribution in [0, 0.1) is 6.92 Å². The van der Waals surface area contributed by atoms with E-state index in [-0.39, 0.29) is 0 Å². The third-order valence-electron chi connectivity index (χ3n) is 2.70. The van der Waals surface area contributed by atoms with Gasteiger partial charge in [0.25, 0.3) is 0 Å². The van der Waals surface area contributed by atoms with Crippen molar-refractivity contribution in [3.05, 3.63) is 40.1 Å². The maximum Gasteiger partial charge on any atom is 0.122 e. The SMILES string of the molecule is Cc1ccsc1CCNCc1nccn1C. The van der Waals surface area contributed by atoms with Crippen LogP contribution in [0.1, 0.15) is 16.3 Å². The minimum absolute atomic E-state index is 0.841. The molecule has 0 spiro atoms. The van der Waals surface area contributed by atoms with E-state index in [4.69, 9.17) is 0 Å².